The molecule has 3 rings (SSSR count). The van der Waals surface area contributed by atoms with Gasteiger partial charge in [0.05, 0.1) is 13.2 Å². The highest BCUT2D eigenvalue weighted by molar-refractivity contribution is 5.57. The summed E-state index contributed by atoms with van der Waals surface area (Å²) in [6.45, 7) is 1.45. The summed E-state index contributed by atoms with van der Waals surface area (Å²) in [4.78, 5) is 14.4. The number of nitrogens with zero attached hydrogens (tertiary/aromatic N) is 4. The van der Waals surface area contributed by atoms with Gasteiger partial charge in [-0.25, -0.2) is 4.39 Å². The van der Waals surface area contributed by atoms with E-state index in [0.717, 1.165) is 19.4 Å². The number of nitrogens with two attached hydrogens (primary N) is 1. The lowest BCUT2D eigenvalue weighted by Crippen LogP contribution is -2.30. The fourth-order valence-electron chi connectivity index (χ4n) is 2.66. The molecule has 25 heavy (non-hydrogen) atoms. The molecule has 0 saturated carbocycles. The van der Waals surface area contributed by atoms with Gasteiger partial charge in [-0.1, -0.05) is 0 Å². The topological polar surface area (TPSA) is 98.4 Å². The van der Waals surface area contributed by atoms with E-state index in [1.54, 1.807) is 6.07 Å². The largest absolute Gasteiger partial charge is 0.494 e. The maximum Gasteiger partial charge on any atom is 0.233 e. The van der Waals surface area contributed by atoms with Gasteiger partial charge in [-0.05, 0) is 25.0 Å². The Morgan fingerprint density at radius 3 is 2.92 bits per heavy atom. The molecular formula is C16H21FN6O2. The Hall–Kier alpha value is -2.68. The van der Waals surface area contributed by atoms with E-state index in [-0.39, 0.29) is 23.8 Å². The highest BCUT2D eigenvalue weighted by Gasteiger charge is 2.19. The van der Waals surface area contributed by atoms with Crippen molar-refractivity contribution in [2.75, 3.05) is 43.3 Å². The molecule has 1 unspecified atom stereocenters. The molecule has 2 heterocycles. The minimum absolute atomic E-state index is 0.0840. The van der Waals surface area contributed by atoms with Crippen LogP contribution in [0.15, 0.2) is 18.2 Å². The first kappa shape index (κ1) is 17.2. The number of likely N-dealkylation sites (N-methyl/N-ethyl adjacent to an activating group) is 1. The maximum atomic E-state index is 13.8. The summed E-state index contributed by atoms with van der Waals surface area (Å²) in [5, 5.41) is 2.93. The average Bonchev–Trinajstić information content (AvgIpc) is 3.07. The monoisotopic (exact) mass is 348 g/mol. The van der Waals surface area contributed by atoms with E-state index in [0.29, 0.717) is 18.2 Å². The van der Waals surface area contributed by atoms with Gasteiger partial charge >= 0.3 is 0 Å². The Bertz CT molecular complexity index is 739. The molecule has 0 aliphatic carbocycles. The van der Waals surface area contributed by atoms with Crippen LogP contribution in [0.4, 0.5) is 27.9 Å². The van der Waals surface area contributed by atoms with Crippen molar-refractivity contribution in [1.82, 2.24) is 15.0 Å². The molecule has 0 spiro atoms. The number of nitrogen functional groups attached to an aromatic ring is 1. The van der Waals surface area contributed by atoms with Crippen LogP contribution in [0.25, 0.3) is 0 Å². The number of ether oxygens (including phenoxy) is 2. The van der Waals surface area contributed by atoms with Gasteiger partial charge in [0.15, 0.2) is 11.6 Å². The Balaban J connectivity index is 1.75. The van der Waals surface area contributed by atoms with Crippen LogP contribution in [0.3, 0.4) is 0 Å². The van der Waals surface area contributed by atoms with E-state index in [1.807, 2.05) is 11.9 Å². The Kier molecular flexibility index (Phi) is 5.13. The number of halogens is 1. The average molecular weight is 348 g/mol. The lowest BCUT2D eigenvalue weighted by molar-refractivity contribution is 0.116. The van der Waals surface area contributed by atoms with E-state index < -0.39 is 5.82 Å². The lowest BCUT2D eigenvalue weighted by atomic mass is 10.2. The second-order valence-corrected chi connectivity index (χ2v) is 5.81. The SMILES string of the molecule is COc1ccc(Nc2nc(N)nc(N(C)CC3CCCO3)n2)cc1F. The molecule has 9 heteroatoms. The van der Waals surface area contributed by atoms with E-state index >= 15 is 0 Å². The zero-order chi connectivity index (χ0) is 17.8. The Labute approximate surface area is 145 Å². The van der Waals surface area contributed by atoms with Crippen LogP contribution in [0.1, 0.15) is 12.8 Å². The standard InChI is InChI=1S/C16H21FN6O2/c1-23(9-11-4-3-7-25-11)16-21-14(18)20-15(22-16)19-10-5-6-13(24-2)12(17)8-10/h5-6,8,11H,3-4,7,9H2,1-2H3,(H3,18,19,20,21,22). The minimum Gasteiger partial charge on any atom is -0.494 e. The van der Waals surface area contributed by atoms with E-state index in [4.69, 9.17) is 15.2 Å². The Morgan fingerprint density at radius 1 is 1.40 bits per heavy atom. The van der Waals surface area contributed by atoms with Gasteiger partial charge in [-0.15, -0.1) is 0 Å². The van der Waals surface area contributed by atoms with Crippen molar-refractivity contribution in [3.05, 3.63) is 24.0 Å². The summed E-state index contributed by atoms with van der Waals surface area (Å²) in [6.07, 6.45) is 2.24. The molecule has 1 aliphatic rings. The summed E-state index contributed by atoms with van der Waals surface area (Å²) >= 11 is 0. The van der Waals surface area contributed by atoms with Crippen LogP contribution in [-0.4, -0.2) is 48.4 Å². The van der Waals surface area contributed by atoms with Crippen molar-refractivity contribution in [2.24, 2.45) is 0 Å². The van der Waals surface area contributed by atoms with Crippen molar-refractivity contribution < 1.29 is 13.9 Å². The summed E-state index contributed by atoms with van der Waals surface area (Å²) in [7, 11) is 3.28. The normalized spacial score (nSPS) is 16.7. The van der Waals surface area contributed by atoms with Gasteiger partial charge in [0.2, 0.25) is 17.8 Å². The molecular weight excluding hydrogens is 327 g/mol. The summed E-state index contributed by atoms with van der Waals surface area (Å²) in [5.74, 6) is 0.439. The lowest BCUT2D eigenvalue weighted by Gasteiger charge is -2.21. The maximum absolute atomic E-state index is 13.8. The van der Waals surface area contributed by atoms with Crippen LogP contribution in [0, 0.1) is 5.82 Å². The molecule has 3 N–H and O–H groups in total. The molecule has 134 valence electrons. The molecule has 0 amide bonds. The van der Waals surface area contributed by atoms with Crippen LogP contribution in [-0.2, 0) is 4.74 Å². The van der Waals surface area contributed by atoms with Crippen molar-refractivity contribution in [3.63, 3.8) is 0 Å². The van der Waals surface area contributed by atoms with E-state index in [9.17, 15) is 4.39 Å². The van der Waals surface area contributed by atoms with Crippen LogP contribution >= 0.6 is 0 Å². The number of methoxy groups -OCH3 is 1. The van der Waals surface area contributed by atoms with Gasteiger partial charge < -0.3 is 25.4 Å². The van der Waals surface area contributed by atoms with Crippen molar-refractivity contribution in [2.45, 2.75) is 18.9 Å². The molecule has 1 aromatic carbocycles. The van der Waals surface area contributed by atoms with Crippen molar-refractivity contribution in [1.29, 1.82) is 0 Å². The third-order valence-corrected chi connectivity index (χ3v) is 3.89. The number of benzene rings is 1. The van der Waals surface area contributed by atoms with Gasteiger partial charge in [-0.2, -0.15) is 15.0 Å². The van der Waals surface area contributed by atoms with Gasteiger partial charge in [-0.3, -0.25) is 0 Å². The Morgan fingerprint density at radius 2 is 2.24 bits per heavy atom. The zero-order valence-electron chi connectivity index (χ0n) is 14.2. The molecule has 0 radical (unpaired) electrons. The highest BCUT2D eigenvalue weighted by atomic mass is 19.1. The number of hydrogen-bond acceptors (Lipinski definition) is 8. The van der Waals surface area contributed by atoms with Gasteiger partial charge in [0.1, 0.15) is 0 Å². The third kappa shape index (κ3) is 4.24. The van der Waals surface area contributed by atoms with E-state index in [1.165, 1.54) is 19.2 Å². The highest BCUT2D eigenvalue weighted by Crippen LogP contribution is 2.23. The molecule has 2 aromatic rings. The van der Waals surface area contributed by atoms with Gasteiger partial charge in [0, 0.05) is 32.0 Å². The number of nitrogens with one attached hydrogen (secondary N) is 1. The summed E-state index contributed by atoms with van der Waals surface area (Å²) in [6, 6.07) is 4.49. The van der Waals surface area contributed by atoms with Crippen molar-refractivity contribution >= 4 is 23.5 Å². The number of rotatable bonds is 6. The molecule has 8 nitrogen and oxygen atoms in total. The molecule has 1 saturated heterocycles. The fourth-order valence-corrected chi connectivity index (χ4v) is 2.66. The van der Waals surface area contributed by atoms with Gasteiger partial charge in [0.25, 0.3) is 0 Å². The number of anilines is 4. The number of hydrogen-bond donors (Lipinski definition) is 2. The minimum atomic E-state index is -0.481. The van der Waals surface area contributed by atoms with Crippen LogP contribution in [0.5, 0.6) is 5.75 Å². The molecule has 1 fully saturated rings. The number of aromatic nitrogens is 3. The smallest absolute Gasteiger partial charge is 0.233 e. The van der Waals surface area contributed by atoms with Crippen LogP contribution < -0.4 is 20.7 Å². The third-order valence-electron chi connectivity index (χ3n) is 3.89. The quantitative estimate of drug-likeness (QED) is 0.817. The fraction of sp³-hybridized carbons (Fsp3) is 0.438. The van der Waals surface area contributed by atoms with E-state index in [2.05, 4.69) is 20.3 Å². The second-order valence-electron chi connectivity index (χ2n) is 5.81. The molecule has 1 atom stereocenters. The first-order chi connectivity index (χ1) is 12.0. The molecule has 0 bridgehead atoms. The van der Waals surface area contributed by atoms with Crippen LogP contribution in [0.2, 0.25) is 0 Å². The zero-order valence-corrected chi connectivity index (χ0v) is 14.2. The summed E-state index contributed by atoms with van der Waals surface area (Å²) in [5.41, 5.74) is 6.26. The first-order valence-corrected chi connectivity index (χ1v) is 8.00. The summed E-state index contributed by atoms with van der Waals surface area (Å²) < 4.78 is 24.3. The first-order valence-electron chi connectivity index (χ1n) is 8.00. The molecule has 1 aromatic heterocycles. The predicted molar refractivity (Wildman–Crippen MR) is 92.7 cm³/mol. The predicted octanol–water partition coefficient (Wildman–Crippen LogP) is 1.96. The molecule has 1 aliphatic heterocycles. The van der Waals surface area contributed by atoms with Crippen molar-refractivity contribution in [3.8, 4) is 5.75 Å². The second kappa shape index (κ2) is 7.47.